The number of likely N-dealkylation sites (N-methyl/N-ethyl adjacent to an activating group) is 1. The number of halogens is 1. The summed E-state index contributed by atoms with van der Waals surface area (Å²) in [6.45, 7) is 7.73. The van der Waals surface area contributed by atoms with Gasteiger partial charge in [0.05, 0.1) is 21.5 Å². The summed E-state index contributed by atoms with van der Waals surface area (Å²) < 4.78 is 43.3. The Bertz CT molecular complexity index is 1990. The lowest BCUT2D eigenvalue weighted by Gasteiger charge is -2.40. The van der Waals surface area contributed by atoms with Crippen LogP contribution in [0.15, 0.2) is 52.1 Å². The normalized spacial score (nSPS) is 18.0. The van der Waals surface area contributed by atoms with Gasteiger partial charge in [-0.3, -0.25) is 4.79 Å². The Morgan fingerprint density at radius 3 is 2.55 bits per heavy atom. The molecule has 12 nitrogen and oxygen atoms in total. The van der Waals surface area contributed by atoms with Crippen LogP contribution in [0.3, 0.4) is 0 Å². The fourth-order valence-electron chi connectivity index (χ4n) is 6.03. The first-order valence-corrected chi connectivity index (χ1v) is 16.7. The number of nitrogens with zero attached hydrogens (tertiary/aromatic N) is 7. The molecule has 2 saturated heterocycles. The lowest BCUT2D eigenvalue weighted by molar-refractivity contribution is -0.126. The maximum absolute atomic E-state index is 15.9. The van der Waals surface area contributed by atoms with E-state index in [9.17, 15) is 18.0 Å². The molecule has 15 heteroatoms. The second-order valence-corrected chi connectivity index (χ2v) is 14.1. The maximum atomic E-state index is 15.9. The number of nitrogen functional groups attached to an aromatic ring is 1. The average molecular weight is 639 g/mol. The number of hydrogen-bond donors (Lipinski definition) is 1. The number of nitrogens with two attached hydrogens (primary N) is 1. The molecule has 6 rings (SSSR count). The van der Waals surface area contributed by atoms with Gasteiger partial charge in [0.1, 0.15) is 22.2 Å². The minimum Gasteiger partial charge on any atom is -0.389 e. The SMILES string of the molecule is C=CC(=O)N1CCN(c2nc(=O)n(-c3c(C4CN(C)C4)cccc3S(C)(=O)=O)c3nc(-c4ncsc4N)c(F)cc23)[C@@H](C)C1. The summed E-state index contributed by atoms with van der Waals surface area (Å²) in [5.74, 6) is -0.809. The van der Waals surface area contributed by atoms with Crippen molar-refractivity contribution in [2.45, 2.75) is 23.8 Å². The Kier molecular flexibility index (Phi) is 7.50. The zero-order chi connectivity index (χ0) is 31.5. The Balaban J connectivity index is 1.66. The third kappa shape index (κ3) is 5.04. The number of pyridine rings is 1. The second kappa shape index (κ2) is 11.1. The smallest absolute Gasteiger partial charge is 0.355 e. The van der Waals surface area contributed by atoms with Crippen LogP contribution in [0.5, 0.6) is 0 Å². The van der Waals surface area contributed by atoms with Crippen molar-refractivity contribution in [2.24, 2.45) is 0 Å². The largest absolute Gasteiger partial charge is 0.389 e. The Morgan fingerprint density at radius 1 is 1.18 bits per heavy atom. The molecular formula is C29H31FN8O4S2. The summed E-state index contributed by atoms with van der Waals surface area (Å²) in [6, 6.07) is 5.85. The third-order valence-electron chi connectivity index (χ3n) is 8.16. The predicted octanol–water partition coefficient (Wildman–Crippen LogP) is 2.28. The number of carbonyl (C=O) groups excluding carboxylic acids is 1. The van der Waals surface area contributed by atoms with E-state index in [0.29, 0.717) is 38.3 Å². The highest BCUT2D eigenvalue weighted by atomic mass is 32.2. The van der Waals surface area contributed by atoms with Crippen LogP contribution >= 0.6 is 11.3 Å². The molecule has 0 unspecified atom stereocenters. The number of piperazine rings is 1. The quantitative estimate of drug-likeness (QED) is 0.312. The number of carbonyl (C=O) groups is 1. The number of likely N-dealkylation sites (tertiary alicyclic amines) is 1. The molecule has 0 aliphatic carbocycles. The minimum atomic E-state index is -3.83. The lowest BCUT2D eigenvalue weighted by Crippen LogP contribution is -2.54. The number of sulfone groups is 1. The summed E-state index contributed by atoms with van der Waals surface area (Å²) in [7, 11) is -1.88. The number of para-hydroxylation sites is 1. The summed E-state index contributed by atoms with van der Waals surface area (Å²) in [5.41, 5.74) is 7.56. The number of amides is 1. The van der Waals surface area contributed by atoms with E-state index >= 15 is 4.39 Å². The number of hydrogen-bond acceptors (Lipinski definition) is 11. The summed E-state index contributed by atoms with van der Waals surface area (Å²) >= 11 is 1.12. The number of anilines is 2. The van der Waals surface area contributed by atoms with E-state index in [1.54, 1.807) is 17.0 Å². The molecule has 2 aliphatic heterocycles. The van der Waals surface area contributed by atoms with Crippen LogP contribution in [0.1, 0.15) is 18.4 Å². The number of thiazole rings is 1. The molecule has 1 aromatic carbocycles. The van der Waals surface area contributed by atoms with Crippen LogP contribution in [-0.2, 0) is 14.6 Å². The molecule has 4 aromatic rings. The molecule has 0 spiro atoms. The van der Waals surface area contributed by atoms with E-state index in [-0.39, 0.29) is 61.7 Å². The fourth-order valence-corrected chi connectivity index (χ4v) is 7.45. The first-order chi connectivity index (χ1) is 20.9. The topological polar surface area (TPSA) is 148 Å². The second-order valence-electron chi connectivity index (χ2n) is 11.2. The lowest BCUT2D eigenvalue weighted by atomic mass is 9.90. The molecule has 3 aromatic heterocycles. The molecule has 44 heavy (non-hydrogen) atoms. The average Bonchev–Trinajstić information content (AvgIpc) is 3.39. The van der Waals surface area contributed by atoms with E-state index in [4.69, 9.17) is 5.73 Å². The molecule has 2 N–H and O–H groups in total. The highest BCUT2D eigenvalue weighted by molar-refractivity contribution is 7.90. The van der Waals surface area contributed by atoms with Gasteiger partial charge in [-0.1, -0.05) is 18.7 Å². The Hall–Kier alpha value is -4.21. The van der Waals surface area contributed by atoms with Gasteiger partial charge in [0.15, 0.2) is 21.3 Å². The Morgan fingerprint density at radius 2 is 1.93 bits per heavy atom. The monoisotopic (exact) mass is 638 g/mol. The van der Waals surface area contributed by atoms with Crippen molar-refractivity contribution in [3.63, 3.8) is 0 Å². The maximum Gasteiger partial charge on any atom is 0.355 e. The van der Waals surface area contributed by atoms with Crippen LogP contribution in [0.25, 0.3) is 28.1 Å². The van der Waals surface area contributed by atoms with E-state index in [1.807, 2.05) is 18.9 Å². The molecule has 5 heterocycles. The van der Waals surface area contributed by atoms with E-state index in [2.05, 4.69) is 26.4 Å². The van der Waals surface area contributed by atoms with Crippen LogP contribution in [0.2, 0.25) is 0 Å². The van der Waals surface area contributed by atoms with Crippen molar-refractivity contribution >= 4 is 48.9 Å². The molecular weight excluding hydrogens is 608 g/mol. The standard InChI is InChI=1S/C29H31FN8O4S2/c1-5-22(39)36-9-10-37(16(2)12-36)27-19-11-20(30)23(24-26(31)43-15-32-24)33-28(19)38(29(40)34-27)25-18(17-13-35(3)14-17)7-6-8-21(25)44(4,41)42/h5-8,11,15-17H,1,9-10,12-14,31H2,2-4H3/t16-/m0/s1. The zero-order valence-corrected chi connectivity index (χ0v) is 26.0. The highest BCUT2D eigenvalue weighted by Crippen LogP contribution is 2.38. The number of rotatable bonds is 6. The summed E-state index contributed by atoms with van der Waals surface area (Å²) in [6.07, 6.45) is 2.33. The molecule has 0 radical (unpaired) electrons. The molecule has 0 saturated carbocycles. The van der Waals surface area contributed by atoms with Crippen LogP contribution in [0.4, 0.5) is 15.2 Å². The minimum absolute atomic E-state index is 0.0191. The number of fused-ring (bicyclic) bond motifs is 1. The van der Waals surface area contributed by atoms with Crippen molar-refractivity contribution in [1.29, 1.82) is 0 Å². The first kappa shape index (κ1) is 29.8. The molecule has 1 atom stereocenters. The van der Waals surface area contributed by atoms with Gasteiger partial charge in [0, 0.05) is 50.9 Å². The first-order valence-electron chi connectivity index (χ1n) is 13.9. The predicted molar refractivity (Wildman–Crippen MR) is 168 cm³/mol. The van der Waals surface area contributed by atoms with Crippen molar-refractivity contribution in [2.75, 3.05) is 56.7 Å². The van der Waals surface area contributed by atoms with E-state index in [1.165, 1.54) is 28.3 Å². The van der Waals surface area contributed by atoms with Crippen molar-refractivity contribution in [3.05, 3.63) is 64.3 Å². The van der Waals surface area contributed by atoms with Gasteiger partial charge in [-0.25, -0.2) is 32.1 Å². The molecule has 2 fully saturated rings. The summed E-state index contributed by atoms with van der Waals surface area (Å²) in [4.78, 5) is 45.2. The van der Waals surface area contributed by atoms with Gasteiger partial charge in [-0.05, 0) is 37.7 Å². The summed E-state index contributed by atoms with van der Waals surface area (Å²) in [5, 5.41) is 0.445. The fraction of sp³-hybridized carbons (Fsp3) is 0.345. The number of aromatic nitrogens is 4. The van der Waals surface area contributed by atoms with Crippen molar-refractivity contribution in [3.8, 4) is 17.1 Å². The van der Waals surface area contributed by atoms with E-state index < -0.39 is 21.3 Å². The van der Waals surface area contributed by atoms with Gasteiger partial charge in [-0.2, -0.15) is 4.98 Å². The van der Waals surface area contributed by atoms with Crippen LogP contribution in [0, 0.1) is 5.82 Å². The van der Waals surface area contributed by atoms with Gasteiger partial charge in [-0.15, -0.1) is 11.3 Å². The Labute approximate surface area is 257 Å². The van der Waals surface area contributed by atoms with Crippen LogP contribution in [-0.4, -0.2) is 95.7 Å². The molecule has 2 aliphatic rings. The number of benzene rings is 1. The zero-order valence-electron chi connectivity index (χ0n) is 24.4. The van der Waals surface area contributed by atoms with Crippen molar-refractivity contribution < 1.29 is 17.6 Å². The highest BCUT2D eigenvalue weighted by Gasteiger charge is 2.34. The molecule has 230 valence electrons. The van der Waals surface area contributed by atoms with Crippen molar-refractivity contribution in [1.82, 2.24) is 29.3 Å². The van der Waals surface area contributed by atoms with Gasteiger partial charge in [0.25, 0.3) is 0 Å². The van der Waals surface area contributed by atoms with Gasteiger partial charge >= 0.3 is 5.69 Å². The third-order valence-corrected chi connectivity index (χ3v) is 9.95. The van der Waals surface area contributed by atoms with Crippen LogP contribution < -0.4 is 16.3 Å². The molecule has 1 amide bonds. The van der Waals surface area contributed by atoms with Gasteiger partial charge in [0.2, 0.25) is 5.91 Å². The van der Waals surface area contributed by atoms with E-state index in [0.717, 1.165) is 17.6 Å². The van der Waals surface area contributed by atoms with Gasteiger partial charge < -0.3 is 20.4 Å². The molecule has 0 bridgehead atoms.